The van der Waals surface area contributed by atoms with Gasteiger partial charge >= 0.3 is 0 Å². The van der Waals surface area contributed by atoms with Crippen LogP contribution < -0.4 is 15.4 Å². The van der Waals surface area contributed by atoms with Crippen molar-refractivity contribution in [2.75, 3.05) is 47.1 Å². The van der Waals surface area contributed by atoms with E-state index >= 15 is 0 Å². The lowest BCUT2D eigenvalue weighted by Crippen LogP contribution is -2.40. The second-order valence-corrected chi connectivity index (χ2v) is 6.29. The van der Waals surface area contributed by atoms with Gasteiger partial charge in [-0.2, -0.15) is 0 Å². The van der Waals surface area contributed by atoms with Gasteiger partial charge in [0.2, 0.25) is 0 Å². The second kappa shape index (κ2) is 12.8. The molecule has 2 N–H and O–H groups in total. The summed E-state index contributed by atoms with van der Waals surface area (Å²) in [4.78, 5) is 4.70. The smallest absolute Gasteiger partial charge is 0.191 e. The first-order chi connectivity index (χ1) is 13.7. The topological polar surface area (TPSA) is 77.2 Å². The van der Waals surface area contributed by atoms with Crippen molar-refractivity contribution in [1.29, 1.82) is 0 Å². The van der Waals surface area contributed by atoms with Crippen LogP contribution in [-0.4, -0.2) is 53.1 Å². The van der Waals surface area contributed by atoms with Crippen LogP contribution in [0.5, 0.6) is 5.75 Å². The van der Waals surface area contributed by atoms with E-state index in [4.69, 9.17) is 23.6 Å². The number of aryl methyl sites for hydroxylation is 1. The first-order valence-corrected chi connectivity index (χ1v) is 9.47. The Labute approximate surface area is 167 Å². The Morgan fingerprint density at radius 2 is 1.86 bits per heavy atom. The molecule has 154 valence electrons. The number of ether oxygens (including phenoxy) is 3. The van der Waals surface area contributed by atoms with Gasteiger partial charge in [0, 0.05) is 39.3 Å². The number of hydrogen-bond acceptors (Lipinski definition) is 5. The van der Waals surface area contributed by atoms with Crippen molar-refractivity contribution in [3.05, 3.63) is 53.5 Å². The first-order valence-electron chi connectivity index (χ1n) is 9.47. The highest BCUT2D eigenvalue weighted by Crippen LogP contribution is 2.21. The van der Waals surface area contributed by atoms with Crippen molar-refractivity contribution in [3.63, 3.8) is 0 Å². The summed E-state index contributed by atoms with van der Waals surface area (Å²) in [6.07, 6.45) is 2.47. The molecule has 2 rings (SSSR count). The molecule has 0 fully saturated rings. The molecule has 0 saturated carbocycles. The Morgan fingerprint density at radius 3 is 2.61 bits per heavy atom. The molecule has 1 aromatic carbocycles. The molecule has 0 radical (unpaired) electrons. The SMILES string of the molecule is COCCNC(=NCc1ccc(C)cc1OCCOC)NCCc1ccco1. The van der Waals surface area contributed by atoms with Crippen LogP contribution in [0.15, 0.2) is 46.0 Å². The van der Waals surface area contributed by atoms with E-state index in [9.17, 15) is 0 Å². The second-order valence-electron chi connectivity index (χ2n) is 6.29. The average molecular weight is 389 g/mol. The number of aliphatic imine (C=N–C) groups is 1. The summed E-state index contributed by atoms with van der Waals surface area (Å²) in [5.74, 6) is 2.51. The zero-order valence-corrected chi connectivity index (χ0v) is 17.0. The Kier molecular flexibility index (Phi) is 9.96. The van der Waals surface area contributed by atoms with Crippen LogP contribution >= 0.6 is 0 Å². The maximum Gasteiger partial charge on any atom is 0.191 e. The molecular weight excluding hydrogens is 358 g/mol. The van der Waals surface area contributed by atoms with Crippen LogP contribution in [-0.2, 0) is 22.4 Å². The van der Waals surface area contributed by atoms with Crippen LogP contribution in [0.2, 0.25) is 0 Å². The minimum atomic E-state index is 0.506. The standard InChI is InChI=1S/C21H31N3O4/c1-17-6-7-18(20(15-17)28-14-13-26-3)16-24-21(23-10-12-25-2)22-9-8-19-5-4-11-27-19/h4-7,11,15H,8-10,12-14,16H2,1-3H3,(H2,22,23,24). The number of nitrogens with zero attached hydrogens (tertiary/aromatic N) is 1. The monoisotopic (exact) mass is 389 g/mol. The molecule has 0 aliphatic heterocycles. The molecule has 7 nitrogen and oxygen atoms in total. The summed E-state index contributed by atoms with van der Waals surface area (Å²) in [5.41, 5.74) is 2.18. The molecule has 0 aliphatic carbocycles. The van der Waals surface area contributed by atoms with E-state index in [-0.39, 0.29) is 0 Å². The van der Waals surface area contributed by atoms with Crippen molar-refractivity contribution < 1.29 is 18.6 Å². The summed E-state index contributed by atoms with van der Waals surface area (Å²) < 4.78 is 21.4. The first kappa shape index (κ1) is 21.8. The molecule has 2 aromatic rings. The summed E-state index contributed by atoms with van der Waals surface area (Å²) in [6.45, 7) is 5.61. The van der Waals surface area contributed by atoms with Crippen LogP contribution in [0.4, 0.5) is 0 Å². The van der Waals surface area contributed by atoms with Gasteiger partial charge in [-0.25, -0.2) is 4.99 Å². The Balaban J connectivity index is 1.98. The lowest BCUT2D eigenvalue weighted by molar-refractivity contribution is 0.145. The van der Waals surface area contributed by atoms with Crippen LogP contribution in [0.1, 0.15) is 16.9 Å². The van der Waals surface area contributed by atoms with E-state index in [0.717, 1.165) is 41.6 Å². The molecule has 1 aromatic heterocycles. The fourth-order valence-corrected chi connectivity index (χ4v) is 2.53. The van der Waals surface area contributed by atoms with Gasteiger partial charge in [0.25, 0.3) is 0 Å². The van der Waals surface area contributed by atoms with Gasteiger partial charge in [-0.1, -0.05) is 12.1 Å². The van der Waals surface area contributed by atoms with Gasteiger partial charge in [0.15, 0.2) is 5.96 Å². The van der Waals surface area contributed by atoms with Crippen molar-refractivity contribution in [1.82, 2.24) is 10.6 Å². The van der Waals surface area contributed by atoms with Crippen molar-refractivity contribution >= 4 is 5.96 Å². The lowest BCUT2D eigenvalue weighted by Gasteiger charge is -2.14. The molecule has 1 heterocycles. The van der Waals surface area contributed by atoms with Gasteiger partial charge in [-0.3, -0.25) is 0 Å². The minimum absolute atomic E-state index is 0.506. The summed E-state index contributed by atoms with van der Waals surface area (Å²) in [7, 11) is 3.34. The van der Waals surface area contributed by atoms with Crippen molar-refractivity contribution in [3.8, 4) is 5.75 Å². The fourth-order valence-electron chi connectivity index (χ4n) is 2.53. The number of guanidine groups is 1. The maximum atomic E-state index is 5.85. The molecule has 28 heavy (non-hydrogen) atoms. The number of hydrogen-bond donors (Lipinski definition) is 2. The fraction of sp³-hybridized carbons (Fsp3) is 0.476. The van der Waals surface area contributed by atoms with E-state index in [1.165, 1.54) is 0 Å². The zero-order chi connectivity index (χ0) is 20.0. The van der Waals surface area contributed by atoms with E-state index in [2.05, 4.69) is 22.8 Å². The lowest BCUT2D eigenvalue weighted by atomic mass is 10.1. The molecule has 7 heteroatoms. The molecule has 0 atom stereocenters. The summed E-state index contributed by atoms with van der Waals surface area (Å²) in [5, 5.41) is 6.61. The molecule has 0 saturated heterocycles. The van der Waals surface area contributed by atoms with E-state index in [1.807, 2.05) is 25.1 Å². The van der Waals surface area contributed by atoms with Gasteiger partial charge in [-0.15, -0.1) is 0 Å². The van der Waals surface area contributed by atoms with Crippen LogP contribution in [0, 0.1) is 6.92 Å². The highest BCUT2D eigenvalue weighted by atomic mass is 16.5. The van der Waals surface area contributed by atoms with E-state index in [0.29, 0.717) is 32.9 Å². The van der Waals surface area contributed by atoms with Gasteiger partial charge in [0.1, 0.15) is 18.1 Å². The highest BCUT2D eigenvalue weighted by molar-refractivity contribution is 5.79. The molecule has 0 spiro atoms. The predicted octanol–water partition coefficient (Wildman–Crippen LogP) is 2.54. The highest BCUT2D eigenvalue weighted by Gasteiger charge is 2.06. The largest absolute Gasteiger partial charge is 0.491 e. The molecule has 0 amide bonds. The molecule has 0 aliphatic rings. The predicted molar refractivity (Wildman–Crippen MR) is 110 cm³/mol. The molecule has 0 bridgehead atoms. The van der Waals surface area contributed by atoms with Crippen LogP contribution in [0.3, 0.4) is 0 Å². The number of rotatable bonds is 12. The van der Waals surface area contributed by atoms with Crippen molar-refractivity contribution in [2.45, 2.75) is 19.9 Å². The third-order valence-corrected chi connectivity index (χ3v) is 4.02. The zero-order valence-electron chi connectivity index (χ0n) is 17.0. The summed E-state index contributed by atoms with van der Waals surface area (Å²) in [6, 6.07) is 10.0. The number of nitrogens with one attached hydrogen (secondary N) is 2. The third kappa shape index (κ3) is 8.02. The van der Waals surface area contributed by atoms with E-state index in [1.54, 1.807) is 20.5 Å². The number of benzene rings is 1. The van der Waals surface area contributed by atoms with Gasteiger partial charge < -0.3 is 29.3 Å². The maximum absolute atomic E-state index is 5.85. The Morgan fingerprint density at radius 1 is 1.04 bits per heavy atom. The number of furan rings is 1. The normalized spacial score (nSPS) is 11.5. The Bertz CT molecular complexity index is 702. The quantitative estimate of drug-likeness (QED) is 0.330. The van der Waals surface area contributed by atoms with Gasteiger partial charge in [0.05, 0.1) is 26.0 Å². The van der Waals surface area contributed by atoms with Crippen LogP contribution in [0.25, 0.3) is 0 Å². The Hall–Kier alpha value is -2.51. The molecule has 0 unspecified atom stereocenters. The minimum Gasteiger partial charge on any atom is -0.491 e. The van der Waals surface area contributed by atoms with Crippen molar-refractivity contribution in [2.24, 2.45) is 4.99 Å². The average Bonchev–Trinajstić information content (AvgIpc) is 3.20. The third-order valence-electron chi connectivity index (χ3n) is 4.02. The number of methoxy groups -OCH3 is 2. The molecular formula is C21H31N3O4. The van der Waals surface area contributed by atoms with Gasteiger partial charge in [-0.05, 0) is 30.7 Å². The van der Waals surface area contributed by atoms with E-state index < -0.39 is 0 Å². The summed E-state index contributed by atoms with van der Waals surface area (Å²) >= 11 is 0.